The molecule has 0 aliphatic rings. The Bertz CT molecular complexity index is 410. The van der Waals surface area contributed by atoms with Gasteiger partial charge in [0.15, 0.2) is 0 Å². The predicted molar refractivity (Wildman–Crippen MR) is 73.9 cm³/mol. The molecule has 0 spiro atoms. The summed E-state index contributed by atoms with van der Waals surface area (Å²) in [6.45, 7) is 3.03. The molecule has 1 aromatic heterocycles. The maximum Gasteiger partial charge on any atom is 0.340 e. The maximum absolute atomic E-state index is 11.7. The van der Waals surface area contributed by atoms with Gasteiger partial charge in [-0.2, -0.15) is 0 Å². The highest BCUT2D eigenvalue weighted by Gasteiger charge is 2.14. The average molecular weight is 269 g/mol. The Morgan fingerprint density at radius 1 is 1.56 bits per heavy atom. The van der Waals surface area contributed by atoms with Crippen molar-refractivity contribution in [2.45, 2.75) is 11.9 Å². The first-order valence-electron chi connectivity index (χ1n) is 5.75. The van der Waals surface area contributed by atoms with Crippen LogP contribution in [0.4, 0.5) is 5.69 Å². The third-order valence-corrected chi connectivity index (χ3v) is 3.21. The summed E-state index contributed by atoms with van der Waals surface area (Å²) in [7, 11) is 4.01. The normalized spacial score (nSPS) is 10.7. The van der Waals surface area contributed by atoms with Crippen molar-refractivity contribution in [3.05, 3.63) is 17.8 Å². The number of carbonyl (C=O) groups is 1. The van der Waals surface area contributed by atoms with Gasteiger partial charge < -0.3 is 15.4 Å². The van der Waals surface area contributed by atoms with Crippen LogP contribution in [0.2, 0.25) is 0 Å². The molecule has 6 heteroatoms. The number of aromatic nitrogens is 1. The minimum absolute atomic E-state index is 0.337. The number of hydrogen-bond donors (Lipinski definition) is 1. The van der Waals surface area contributed by atoms with Crippen LogP contribution in [0.25, 0.3) is 0 Å². The largest absolute Gasteiger partial charge is 0.462 e. The van der Waals surface area contributed by atoms with Gasteiger partial charge in [0.05, 0.1) is 17.9 Å². The molecule has 1 heterocycles. The molecule has 0 saturated heterocycles. The monoisotopic (exact) mass is 269 g/mol. The van der Waals surface area contributed by atoms with Gasteiger partial charge in [-0.3, -0.25) is 0 Å². The topological polar surface area (TPSA) is 68.5 Å². The zero-order valence-corrected chi connectivity index (χ0v) is 11.8. The van der Waals surface area contributed by atoms with Crippen LogP contribution in [-0.4, -0.2) is 48.9 Å². The first-order chi connectivity index (χ1) is 8.56. The number of esters is 1. The minimum atomic E-state index is -0.396. The molecule has 5 nitrogen and oxygen atoms in total. The van der Waals surface area contributed by atoms with Gasteiger partial charge in [-0.1, -0.05) is 0 Å². The van der Waals surface area contributed by atoms with E-state index in [1.165, 1.54) is 11.8 Å². The molecule has 0 fully saturated rings. The number of pyridine rings is 1. The molecule has 1 rings (SSSR count). The molecule has 0 aliphatic heterocycles. The maximum atomic E-state index is 11.7. The van der Waals surface area contributed by atoms with Crippen LogP contribution in [0.1, 0.15) is 17.3 Å². The Balaban J connectivity index is 2.75. The van der Waals surface area contributed by atoms with Crippen molar-refractivity contribution in [2.75, 3.05) is 38.7 Å². The van der Waals surface area contributed by atoms with Gasteiger partial charge in [0.25, 0.3) is 0 Å². The van der Waals surface area contributed by atoms with E-state index in [4.69, 9.17) is 10.5 Å². The van der Waals surface area contributed by atoms with Crippen LogP contribution in [-0.2, 0) is 4.74 Å². The fourth-order valence-corrected chi connectivity index (χ4v) is 2.33. The molecule has 0 saturated carbocycles. The Morgan fingerprint density at radius 2 is 2.28 bits per heavy atom. The Morgan fingerprint density at radius 3 is 2.89 bits per heavy atom. The number of nitrogens with zero attached hydrogens (tertiary/aromatic N) is 2. The highest BCUT2D eigenvalue weighted by atomic mass is 32.2. The summed E-state index contributed by atoms with van der Waals surface area (Å²) in [6, 6.07) is 1.59. The number of rotatable bonds is 6. The molecule has 0 aliphatic carbocycles. The molecule has 18 heavy (non-hydrogen) atoms. The molecule has 0 atom stereocenters. The minimum Gasteiger partial charge on any atom is -0.462 e. The number of hydrogen-bond acceptors (Lipinski definition) is 6. The van der Waals surface area contributed by atoms with Crippen molar-refractivity contribution in [1.82, 2.24) is 9.88 Å². The summed E-state index contributed by atoms with van der Waals surface area (Å²) >= 11 is 1.54. The molecule has 1 aromatic rings. The molecular weight excluding hydrogens is 250 g/mol. The van der Waals surface area contributed by atoms with Gasteiger partial charge in [-0.05, 0) is 27.1 Å². The van der Waals surface area contributed by atoms with Gasteiger partial charge in [0.2, 0.25) is 0 Å². The summed E-state index contributed by atoms with van der Waals surface area (Å²) in [4.78, 5) is 17.9. The van der Waals surface area contributed by atoms with Crippen LogP contribution >= 0.6 is 11.8 Å². The molecule has 0 unspecified atom stereocenters. The lowest BCUT2D eigenvalue weighted by Crippen LogP contribution is -2.15. The second-order valence-electron chi connectivity index (χ2n) is 3.95. The highest BCUT2D eigenvalue weighted by Crippen LogP contribution is 2.25. The summed E-state index contributed by atoms with van der Waals surface area (Å²) in [5, 5.41) is 0.683. The van der Waals surface area contributed by atoms with Gasteiger partial charge in [0.1, 0.15) is 5.03 Å². The van der Waals surface area contributed by atoms with E-state index >= 15 is 0 Å². The first-order valence-corrected chi connectivity index (χ1v) is 6.74. The lowest BCUT2D eigenvalue weighted by molar-refractivity contribution is 0.0527. The Labute approximate surface area is 112 Å². The third-order valence-electron chi connectivity index (χ3n) is 2.23. The Hall–Kier alpha value is -1.27. The number of nitrogen functional groups attached to an aromatic ring is 1. The molecule has 0 aromatic carbocycles. The number of ether oxygens (including phenoxy) is 1. The fourth-order valence-electron chi connectivity index (χ4n) is 1.28. The zero-order valence-electron chi connectivity index (χ0n) is 11.0. The molecule has 0 radical (unpaired) electrons. The second-order valence-corrected chi connectivity index (χ2v) is 5.03. The molecule has 100 valence electrons. The van der Waals surface area contributed by atoms with Crippen molar-refractivity contribution in [1.29, 1.82) is 0 Å². The van der Waals surface area contributed by atoms with Crippen molar-refractivity contribution >= 4 is 23.4 Å². The quantitative estimate of drug-likeness (QED) is 0.623. The average Bonchev–Trinajstić information content (AvgIpc) is 2.31. The third kappa shape index (κ3) is 4.19. The summed E-state index contributed by atoms with van der Waals surface area (Å²) in [5.74, 6) is 0.475. The van der Waals surface area contributed by atoms with Crippen LogP contribution in [0.3, 0.4) is 0 Å². The van der Waals surface area contributed by atoms with Gasteiger partial charge >= 0.3 is 5.97 Å². The first kappa shape index (κ1) is 14.8. The van der Waals surface area contributed by atoms with E-state index < -0.39 is 5.97 Å². The van der Waals surface area contributed by atoms with Crippen molar-refractivity contribution in [3.63, 3.8) is 0 Å². The lowest BCUT2D eigenvalue weighted by atomic mass is 10.2. The van der Waals surface area contributed by atoms with Crippen molar-refractivity contribution in [3.8, 4) is 0 Å². The van der Waals surface area contributed by atoms with Gasteiger partial charge in [-0.25, -0.2) is 9.78 Å². The Kier molecular flexibility index (Phi) is 5.94. The van der Waals surface area contributed by atoms with Crippen LogP contribution in [0, 0.1) is 0 Å². The smallest absolute Gasteiger partial charge is 0.340 e. The van der Waals surface area contributed by atoms with E-state index in [2.05, 4.69) is 9.88 Å². The van der Waals surface area contributed by atoms with E-state index in [0.29, 0.717) is 22.9 Å². The van der Waals surface area contributed by atoms with Crippen LogP contribution < -0.4 is 5.73 Å². The molecule has 0 amide bonds. The SMILES string of the molecule is CCOC(=O)c1ccnc(SCCN(C)C)c1N. The van der Waals surface area contributed by atoms with E-state index in [1.807, 2.05) is 14.1 Å². The van der Waals surface area contributed by atoms with Crippen LogP contribution in [0.5, 0.6) is 0 Å². The van der Waals surface area contributed by atoms with E-state index in [-0.39, 0.29) is 0 Å². The van der Waals surface area contributed by atoms with E-state index in [1.54, 1.807) is 19.2 Å². The molecular formula is C12H19N3O2S. The van der Waals surface area contributed by atoms with E-state index in [0.717, 1.165) is 12.3 Å². The standard InChI is InChI=1S/C12H19N3O2S/c1-4-17-12(16)9-5-6-14-11(10(9)13)18-8-7-15(2)3/h5-6H,4,7-8,13H2,1-3H3. The summed E-state index contributed by atoms with van der Waals surface area (Å²) in [6.07, 6.45) is 1.58. The number of carbonyl (C=O) groups excluding carboxylic acids is 1. The van der Waals surface area contributed by atoms with Gasteiger partial charge in [-0.15, -0.1) is 11.8 Å². The number of thioether (sulfide) groups is 1. The highest BCUT2D eigenvalue weighted by molar-refractivity contribution is 7.99. The zero-order chi connectivity index (χ0) is 13.5. The number of anilines is 1. The van der Waals surface area contributed by atoms with Crippen molar-refractivity contribution < 1.29 is 9.53 Å². The second kappa shape index (κ2) is 7.23. The van der Waals surface area contributed by atoms with Crippen molar-refractivity contribution in [2.24, 2.45) is 0 Å². The van der Waals surface area contributed by atoms with Crippen LogP contribution in [0.15, 0.2) is 17.3 Å². The number of nitrogens with two attached hydrogens (primary N) is 1. The van der Waals surface area contributed by atoms with Gasteiger partial charge in [0, 0.05) is 18.5 Å². The molecule has 0 bridgehead atoms. The predicted octanol–water partition coefficient (Wildman–Crippen LogP) is 1.49. The summed E-state index contributed by atoms with van der Waals surface area (Å²) < 4.78 is 4.94. The molecule has 2 N–H and O–H groups in total. The fraction of sp³-hybridized carbons (Fsp3) is 0.500. The summed E-state index contributed by atoms with van der Waals surface area (Å²) in [5.41, 5.74) is 6.72. The van der Waals surface area contributed by atoms with E-state index in [9.17, 15) is 4.79 Å². The lowest BCUT2D eigenvalue weighted by Gasteiger charge is -2.11.